The molecule has 0 bridgehead atoms. The molecule has 23 heavy (non-hydrogen) atoms. The highest BCUT2D eigenvalue weighted by molar-refractivity contribution is 7.99. The number of piperidine rings is 1. The largest absolute Gasteiger partial charge is 0.339 e. The second-order valence-corrected chi connectivity index (χ2v) is 6.93. The Labute approximate surface area is 141 Å². The first kappa shape index (κ1) is 16.1. The number of benzene rings is 1. The Hall–Kier alpha value is -1.82. The van der Waals surface area contributed by atoms with E-state index in [0.29, 0.717) is 11.8 Å². The van der Waals surface area contributed by atoms with Crippen LogP contribution < -0.4 is 0 Å². The van der Waals surface area contributed by atoms with E-state index in [9.17, 15) is 4.79 Å². The van der Waals surface area contributed by atoms with Crippen molar-refractivity contribution in [3.63, 3.8) is 0 Å². The molecule has 1 saturated heterocycles. The fourth-order valence-electron chi connectivity index (χ4n) is 3.00. The van der Waals surface area contributed by atoms with Crippen LogP contribution in [0.15, 0.2) is 35.7 Å². The number of aryl methyl sites for hydroxylation is 1. The summed E-state index contributed by atoms with van der Waals surface area (Å²) in [6.45, 7) is 5.08. The molecule has 6 heteroatoms. The zero-order valence-corrected chi connectivity index (χ0v) is 14.4. The molecule has 1 aromatic heterocycles. The number of hydrogen-bond donors (Lipinski definition) is 0. The van der Waals surface area contributed by atoms with Gasteiger partial charge in [0.05, 0.1) is 11.4 Å². The van der Waals surface area contributed by atoms with E-state index in [1.165, 1.54) is 18.2 Å². The minimum Gasteiger partial charge on any atom is -0.339 e. The number of hydrogen-bond acceptors (Lipinski definition) is 4. The smallest absolute Gasteiger partial charge is 0.233 e. The van der Waals surface area contributed by atoms with Crippen molar-refractivity contribution in [2.75, 3.05) is 12.3 Å². The average molecular weight is 330 g/mol. The van der Waals surface area contributed by atoms with Gasteiger partial charge in [0, 0.05) is 12.6 Å². The lowest BCUT2D eigenvalue weighted by atomic mass is 10.0. The number of carbonyl (C=O) groups excluding carboxylic acids is 1. The van der Waals surface area contributed by atoms with Gasteiger partial charge in [0.25, 0.3) is 0 Å². The molecule has 1 aliphatic rings. The molecule has 1 unspecified atom stereocenters. The van der Waals surface area contributed by atoms with E-state index < -0.39 is 0 Å². The molecular formula is C17H22N4OS. The summed E-state index contributed by atoms with van der Waals surface area (Å²) in [7, 11) is 0. The van der Waals surface area contributed by atoms with Crippen LogP contribution in [0.4, 0.5) is 0 Å². The highest BCUT2D eigenvalue weighted by Gasteiger charge is 2.23. The van der Waals surface area contributed by atoms with Crippen molar-refractivity contribution < 1.29 is 4.79 Å². The lowest BCUT2D eigenvalue weighted by Gasteiger charge is -2.33. The monoisotopic (exact) mass is 330 g/mol. The Kier molecular flexibility index (Phi) is 5.00. The molecule has 0 aliphatic carbocycles. The van der Waals surface area contributed by atoms with E-state index in [1.54, 1.807) is 6.33 Å². The lowest BCUT2D eigenvalue weighted by molar-refractivity contribution is -0.131. The summed E-state index contributed by atoms with van der Waals surface area (Å²) in [5.41, 5.74) is 2.21. The molecule has 1 fully saturated rings. The Balaban J connectivity index is 1.69. The fraction of sp³-hybridized carbons (Fsp3) is 0.471. The van der Waals surface area contributed by atoms with Gasteiger partial charge in [-0.15, -0.1) is 10.2 Å². The molecule has 0 N–H and O–H groups in total. The third-order valence-electron chi connectivity index (χ3n) is 4.34. The average Bonchev–Trinajstić information content (AvgIpc) is 3.02. The molecule has 1 amide bonds. The lowest BCUT2D eigenvalue weighted by Crippen LogP contribution is -2.42. The van der Waals surface area contributed by atoms with Crippen LogP contribution in [0.5, 0.6) is 0 Å². The minimum atomic E-state index is 0.196. The number of aromatic nitrogens is 3. The molecule has 1 aromatic carbocycles. The van der Waals surface area contributed by atoms with E-state index in [2.05, 4.69) is 30.1 Å². The van der Waals surface area contributed by atoms with E-state index >= 15 is 0 Å². The molecule has 122 valence electrons. The van der Waals surface area contributed by atoms with Gasteiger partial charge >= 0.3 is 0 Å². The maximum Gasteiger partial charge on any atom is 0.233 e. The van der Waals surface area contributed by atoms with Crippen molar-refractivity contribution in [2.24, 2.45) is 0 Å². The van der Waals surface area contributed by atoms with Crippen LogP contribution in [0, 0.1) is 6.92 Å². The number of carbonyl (C=O) groups is 1. The Morgan fingerprint density at radius 1 is 1.35 bits per heavy atom. The maximum absolute atomic E-state index is 12.5. The molecular weight excluding hydrogens is 308 g/mol. The standard InChI is InChI=1S/C17H22N4OS/c1-13-7-3-4-9-15(13)21-12-18-19-17(21)23-11-16(22)20-10-6-5-8-14(20)2/h3-4,7,9,12,14H,5-6,8,10-11H2,1-2H3. The summed E-state index contributed by atoms with van der Waals surface area (Å²) in [5, 5.41) is 8.95. The van der Waals surface area contributed by atoms with Crippen LogP contribution in [0.3, 0.4) is 0 Å². The summed E-state index contributed by atoms with van der Waals surface area (Å²) < 4.78 is 1.95. The van der Waals surface area contributed by atoms with Crippen molar-refractivity contribution in [3.8, 4) is 5.69 Å². The normalized spacial score (nSPS) is 18.2. The zero-order chi connectivity index (χ0) is 16.2. The first-order valence-electron chi connectivity index (χ1n) is 8.05. The van der Waals surface area contributed by atoms with Gasteiger partial charge in [0.1, 0.15) is 6.33 Å². The number of thioether (sulfide) groups is 1. The maximum atomic E-state index is 12.5. The summed E-state index contributed by atoms with van der Waals surface area (Å²) in [6, 6.07) is 8.46. The van der Waals surface area contributed by atoms with Crippen molar-refractivity contribution in [3.05, 3.63) is 36.2 Å². The molecule has 1 aliphatic heterocycles. The summed E-state index contributed by atoms with van der Waals surface area (Å²) in [4.78, 5) is 14.5. The van der Waals surface area contributed by atoms with Gasteiger partial charge in [-0.3, -0.25) is 9.36 Å². The molecule has 2 aromatic rings. The van der Waals surface area contributed by atoms with Gasteiger partial charge in [0.15, 0.2) is 5.16 Å². The molecule has 0 radical (unpaired) electrons. The summed E-state index contributed by atoms with van der Waals surface area (Å²) in [5.74, 6) is 0.607. The topological polar surface area (TPSA) is 51.0 Å². The zero-order valence-electron chi connectivity index (χ0n) is 13.6. The SMILES string of the molecule is Cc1ccccc1-n1cnnc1SCC(=O)N1CCCCC1C. The van der Waals surface area contributed by atoms with Gasteiger partial charge in [-0.2, -0.15) is 0 Å². The number of rotatable bonds is 4. The van der Waals surface area contributed by atoms with Crippen molar-refractivity contribution >= 4 is 17.7 Å². The van der Waals surface area contributed by atoms with Crippen molar-refractivity contribution in [1.82, 2.24) is 19.7 Å². The molecule has 0 spiro atoms. The number of nitrogens with zero attached hydrogens (tertiary/aromatic N) is 4. The number of amides is 1. The molecule has 1 atom stereocenters. The Morgan fingerprint density at radius 3 is 2.96 bits per heavy atom. The van der Waals surface area contributed by atoms with Crippen LogP contribution in [0.1, 0.15) is 31.7 Å². The first-order valence-corrected chi connectivity index (χ1v) is 9.03. The van der Waals surface area contributed by atoms with Gasteiger partial charge in [-0.1, -0.05) is 30.0 Å². The van der Waals surface area contributed by atoms with Gasteiger partial charge in [-0.05, 0) is 44.7 Å². The fourth-order valence-corrected chi connectivity index (χ4v) is 3.81. The highest BCUT2D eigenvalue weighted by Crippen LogP contribution is 2.23. The van der Waals surface area contributed by atoms with Gasteiger partial charge < -0.3 is 4.90 Å². The van der Waals surface area contributed by atoms with Gasteiger partial charge in [0.2, 0.25) is 5.91 Å². The predicted molar refractivity (Wildman–Crippen MR) is 91.8 cm³/mol. The summed E-state index contributed by atoms with van der Waals surface area (Å²) >= 11 is 1.46. The Morgan fingerprint density at radius 2 is 2.17 bits per heavy atom. The van der Waals surface area contributed by atoms with E-state index in [4.69, 9.17) is 0 Å². The third kappa shape index (κ3) is 3.58. The van der Waals surface area contributed by atoms with E-state index in [0.717, 1.165) is 35.8 Å². The van der Waals surface area contributed by atoms with Crippen molar-refractivity contribution in [2.45, 2.75) is 44.3 Å². The second-order valence-electron chi connectivity index (χ2n) is 5.99. The molecule has 0 saturated carbocycles. The quantitative estimate of drug-likeness (QED) is 0.809. The molecule has 3 rings (SSSR count). The van der Waals surface area contributed by atoms with Crippen LogP contribution >= 0.6 is 11.8 Å². The second kappa shape index (κ2) is 7.17. The van der Waals surface area contributed by atoms with Crippen molar-refractivity contribution in [1.29, 1.82) is 0 Å². The first-order chi connectivity index (χ1) is 11.2. The van der Waals surface area contributed by atoms with Gasteiger partial charge in [-0.25, -0.2) is 0 Å². The van der Waals surface area contributed by atoms with Crippen LogP contribution in [-0.2, 0) is 4.79 Å². The van der Waals surface area contributed by atoms with Crippen LogP contribution in [0.2, 0.25) is 0 Å². The third-order valence-corrected chi connectivity index (χ3v) is 5.27. The highest BCUT2D eigenvalue weighted by atomic mass is 32.2. The Bertz CT molecular complexity index is 685. The van der Waals surface area contributed by atoms with Crippen LogP contribution in [0.25, 0.3) is 5.69 Å². The van der Waals surface area contributed by atoms with E-state index in [-0.39, 0.29) is 5.91 Å². The molecule has 5 nitrogen and oxygen atoms in total. The summed E-state index contributed by atoms with van der Waals surface area (Å²) in [6.07, 6.45) is 5.15. The number of para-hydroxylation sites is 1. The minimum absolute atomic E-state index is 0.196. The predicted octanol–water partition coefficient (Wildman–Crippen LogP) is 3.07. The number of likely N-dealkylation sites (tertiary alicyclic amines) is 1. The van der Waals surface area contributed by atoms with E-state index in [1.807, 2.05) is 27.7 Å². The molecule has 2 heterocycles. The van der Waals surface area contributed by atoms with Crippen LogP contribution in [-0.4, -0.2) is 43.9 Å².